The van der Waals surface area contributed by atoms with Crippen molar-refractivity contribution < 1.29 is 14.7 Å². The average molecular weight is 443 g/mol. The number of nitrogens with two attached hydrogens (primary N) is 1. The van der Waals surface area contributed by atoms with Gasteiger partial charge in [-0.2, -0.15) is 0 Å². The molecule has 0 aromatic heterocycles. The fraction of sp³-hybridized carbons (Fsp3) is 0.286. The zero-order valence-electron chi connectivity index (χ0n) is 18.9. The zero-order valence-corrected chi connectivity index (χ0v) is 18.9. The first-order valence-corrected chi connectivity index (χ1v) is 11.5. The lowest BCUT2D eigenvalue weighted by atomic mass is 9.74. The number of benzene rings is 3. The molecule has 0 saturated carbocycles. The van der Waals surface area contributed by atoms with Gasteiger partial charge in [0.05, 0.1) is 11.5 Å². The Morgan fingerprint density at radius 3 is 2.12 bits per heavy atom. The normalized spacial score (nSPS) is 15.6. The number of carboxylic acid groups (broad SMARTS) is 1. The number of piperidine rings is 1. The van der Waals surface area contributed by atoms with Gasteiger partial charge in [-0.1, -0.05) is 54.6 Å². The number of carbonyl (C=O) groups is 2. The quantitative estimate of drug-likeness (QED) is 0.534. The van der Waals surface area contributed by atoms with E-state index in [1.165, 1.54) is 6.42 Å². The Hall–Kier alpha value is -3.60. The highest BCUT2D eigenvalue weighted by molar-refractivity contribution is 5.88. The molecule has 0 spiro atoms. The Balaban J connectivity index is 1.91. The SMILES string of the molecule is Cc1cccc(N2CCCCC2)c1C(c1ccccc1)C(C(N)=O)c1ccc(C(=O)O)cc1. The fourth-order valence-corrected chi connectivity index (χ4v) is 5.02. The minimum Gasteiger partial charge on any atom is -0.478 e. The van der Waals surface area contributed by atoms with Gasteiger partial charge in [-0.3, -0.25) is 4.79 Å². The van der Waals surface area contributed by atoms with Crippen LogP contribution in [0, 0.1) is 6.92 Å². The van der Waals surface area contributed by atoms with Gasteiger partial charge >= 0.3 is 5.97 Å². The average Bonchev–Trinajstić information content (AvgIpc) is 2.83. The molecule has 1 amide bonds. The molecule has 0 radical (unpaired) electrons. The first-order chi connectivity index (χ1) is 16.0. The molecule has 1 aliphatic heterocycles. The van der Waals surface area contributed by atoms with Crippen molar-refractivity contribution in [3.63, 3.8) is 0 Å². The summed E-state index contributed by atoms with van der Waals surface area (Å²) in [5, 5.41) is 9.31. The minimum atomic E-state index is -0.997. The van der Waals surface area contributed by atoms with Crippen molar-refractivity contribution in [1.82, 2.24) is 0 Å². The molecule has 1 aliphatic rings. The summed E-state index contributed by atoms with van der Waals surface area (Å²) in [4.78, 5) is 26.8. The van der Waals surface area contributed by atoms with Crippen LogP contribution in [0.1, 0.15) is 63.7 Å². The first kappa shape index (κ1) is 22.6. The second-order valence-electron chi connectivity index (χ2n) is 8.75. The topological polar surface area (TPSA) is 83.6 Å². The van der Waals surface area contributed by atoms with Gasteiger partial charge in [0.15, 0.2) is 0 Å². The van der Waals surface area contributed by atoms with Crippen molar-refractivity contribution >= 4 is 17.6 Å². The van der Waals surface area contributed by atoms with Crippen LogP contribution >= 0.6 is 0 Å². The summed E-state index contributed by atoms with van der Waals surface area (Å²) in [7, 11) is 0. The molecule has 4 rings (SSSR count). The molecule has 1 fully saturated rings. The van der Waals surface area contributed by atoms with Crippen molar-refractivity contribution in [3.8, 4) is 0 Å². The molecule has 5 nitrogen and oxygen atoms in total. The van der Waals surface area contributed by atoms with E-state index in [1.807, 2.05) is 30.3 Å². The maximum Gasteiger partial charge on any atom is 0.335 e. The van der Waals surface area contributed by atoms with Crippen LogP contribution in [-0.2, 0) is 4.79 Å². The lowest BCUT2D eigenvalue weighted by Crippen LogP contribution is -2.33. The van der Waals surface area contributed by atoms with E-state index in [0.717, 1.165) is 48.3 Å². The van der Waals surface area contributed by atoms with Crippen molar-refractivity contribution in [3.05, 3.63) is 101 Å². The summed E-state index contributed by atoms with van der Waals surface area (Å²) in [5.41, 5.74) is 11.3. The van der Waals surface area contributed by atoms with Crippen molar-refractivity contribution in [2.45, 2.75) is 38.0 Å². The van der Waals surface area contributed by atoms with Crippen LogP contribution in [0.4, 0.5) is 5.69 Å². The number of rotatable bonds is 7. The molecule has 2 unspecified atom stereocenters. The summed E-state index contributed by atoms with van der Waals surface area (Å²) in [6.07, 6.45) is 3.54. The van der Waals surface area contributed by atoms with Crippen LogP contribution < -0.4 is 10.6 Å². The third kappa shape index (κ3) is 4.77. The third-order valence-corrected chi connectivity index (χ3v) is 6.62. The molecule has 170 valence electrons. The van der Waals surface area contributed by atoms with Gasteiger partial charge in [0.25, 0.3) is 0 Å². The molecule has 5 heteroatoms. The highest BCUT2D eigenvalue weighted by Gasteiger charge is 2.34. The largest absolute Gasteiger partial charge is 0.478 e. The highest BCUT2D eigenvalue weighted by atomic mass is 16.4. The van der Waals surface area contributed by atoms with Crippen LogP contribution in [0.25, 0.3) is 0 Å². The maximum absolute atomic E-state index is 13.0. The molecule has 3 aromatic carbocycles. The predicted molar refractivity (Wildman–Crippen MR) is 131 cm³/mol. The van der Waals surface area contributed by atoms with Crippen molar-refractivity contribution in [2.24, 2.45) is 5.73 Å². The van der Waals surface area contributed by atoms with Gasteiger partial charge in [-0.25, -0.2) is 4.79 Å². The Kier molecular flexibility index (Phi) is 6.78. The molecule has 1 heterocycles. The van der Waals surface area contributed by atoms with E-state index in [4.69, 9.17) is 5.73 Å². The van der Waals surface area contributed by atoms with Crippen LogP contribution in [0.5, 0.6) is 0 Å². The number of carbonyl (C=O) groups excluding carboxylic acids is 1. The Morgan fingerprint density at radius 1 is 0.848 bits per heavy atom. The second-order valence-corrected chi connectivity index (χ2v) is 8.75. The fourth-order valence-electron chi connectivity index (χ4n) is 5.02. The number of aromatic carboxylic acids is 1. The van der Waals surface area contributed by atoms with E-state index in [-0.39, 0.29) is 11.5 Å². The molecular formula is C28H30N2O3. The van der Waals surface area contributed by atoms with E-state index in [2.05, 4.69) is 30.0 Å². The lowest BCUT2D eigenvalue weighted by Gasteiger charge is -2.35. The standard InChI is InChI=1S/C28H30N2O3/c1-19-9-8-12-23(30-17-6-3-7-18-30)24(19)25(20-10-4-2-5-11-20)26(27(29)31)21-13-15-22(16-14-21)28(32)33/h2,4-5,8-16,25-26H,3,6-7,17-18H2,1H3,(H2,29,31)(H,32,33). The Bertz CT molecular complexity index is 1120. The third-order valence-electron chi connectivity index (χ3n) is 6.62. The van der Waals surface area contributed by atoms with Gasteiger partial charge < -0.3 is 15.7 Å². The molecule has 3 aromatic rings. The van der Waals surface area contributed by atoms with E-state index in [1.54, 1.807) is 24.3 Å². The maximum atomic E-state index is 13.0. The smallest absolute Gasteiger partial charge is 0.335 e. The van der Waals surface area contributed by atoms with E-state index < -0.39 is 17.8 Å². The number of carboxylic acids is 1. The molecule has 33 heavy (non-hydrogen) atoms. The van der Waals surface area contributed by atoms with Gasteiger partial charge in [0.2, 0.25) is 5.91 Å². The van der Waals surface area contributed by atoms with E-state index in [0.29, 0.717) is 5.56 Å². The molecule has 1 saturated heterocycles. The zero-order chi connectivity index (χ0) is 23.4. The number of primary amides is 1. The van der Waals surface area contributed by atoms with Gasteiger partial charge in [-0.05, 0) is 66.6 Å². The molecule has 3 N–H and O–H groups in total. The number of amides is 1. The van der Waals surface area contributed by atoms with Crippen LogP contribution in [0.3, 0.4) is 0 Å². The van der Waals surface area contributed by atoms with Crippen LogP contribution in [0.2, 0.25) is 0 Å². The summed E-state index contributed by atoms with van der Waals surface area (Å²) >= 11 is 0. The van der Waals surface area contributed by atoms with E-state index in [9.17, 15) is 14.7 Å². The summed E-state index contributed by atoms with van der Waals surface area (Å²) < 4.78 is 0. The van der Waals surface area contributed by atoms with Gasteiger partial charge in [-0.15, -0.1) is 0 Å². The van der Waals surface area contributed by atoms with Gasteiger partial charge in [0.1, 0.15) is 0 Å². The molecule has 0 aliphatic carbocycles. The number of hydrogen-bond acceptors (Lipinski definition) is 3. The summed E-state index contributed by atoms with van der Waals surface area (Å²) in [6.45, 7) is 4.07. The van der Waals surface area contributed by atoms with Crippen LogP contribution in [0.15, 0.2) is 72.8 Å². The van der Waals surface area contributed by atoms with Crippen LogP contribution in [-0.4, -0.2) is 30.1 Å². The number of hydrogen-bond donors (Lipinski definition) is 2. The highest BCUT2D eigenvalue weighted by Crippen LogP contribution is 2.44. The summed E-state index contributed by atoms with van der Waals surface area (Å²) in [5.74, 6) is -2.36. The molecule has 0 bridgehead atoms. The monoisotopic (exact) mass is 442 g/mol. The van der Waals surface area contributed by atoms with Crippen molar-refractivity contribution in [2.75, 3.05) is 18.0 Å². The minimum absolute atomic E-state index is 0.183. The first-order valence-electron chi connectivity index (χ1n) is 11.5. The van der Waals surface area contributed by atoms with E-state index >= 15 is 0 Å². The Morgan fingerprint density at radius 2 is 1.52 bits per heavy atom. The lowest BCUT2D eigenvalue weighted by molar-refractivity contribution is -0.119. The number of nitrogens with zero attached hydrogens (tertiary/aromatic N) is 1. The predicted octanol–water partition coefficient (Wildman–Crippen LogP) is 5.08. The van der Waals surface area contributed by atoms with Gasteiger partial charge in [0, 0.05) is 24.7 Å². The summed E-state index contributed by atoms with van der Waals surface area (Å²) in [6, 6.07) is 22.8. The van der Waals surface area contributed by atoms with Crippen molar-refractivity contribution in [1.29, 1.82) is 0 Å². The second kappa shape index (κ2) is 9.90. The molecular weight excluding hydrogens is 412 g/mol. The molecule has 2 atom stereocenters. The number of aryl methyl sites for hydroxylation is 1. The Labute approximate surface area is 194 Å². The number of anilines is 1.